The average molecular weight is 216 g/mol. The Morgan fingerprint density at radius 3 is 2.38 bits per heavy atom. The molecule has 1 heterocycles. The number of nitrogens with zero attached hydrogens (tertiary/aromatic N) is 2. The van der Waals surface area contributed by atoms with E-state index < -0.39 is 0 Å². The van der Waals surface area contributed by atoms with Gasteiger partial charge in [0.1, 0.15) is 0 Å². The SMILES string of the molecule is CCc1nc(-c2ccc(C(C)C)cc2)no1. The second-order valence-corrected chi connectivity index (χ2v) is 4.14. The number of benzene rings is 1. The molecule has 1 aromatic carbocycles. The first-order valence-electron chi connectivity index (χ1n) is 5.63. The molecule has 0 bridgehead atoms. The molecule has 0 aliphatic carbocycles. The second-order valence-electron chi connectivity index (χ2n) is 4.14. The van der Waals surface area contributed by atoms with Gasteiger partial charge in [0, 0.05) is 12.0 Å². The molecule has 1 aromatic heterocycles. The topological polar surface area (TPSA) is 38.9 Å². The Kier molecular flexibility index (Phi) is 3.04. The van der Waals surface area contributed by atoms with Crippen molar-refractivity contribution in [2.75, 3.05) is 0 Å². The van der Waals surface area contributed by atoms with Gasteiger partial charge in [-0.25, -0.2) is 0 Å². The summed E-state index contributed by atoms with van der Waals surface area (Å²) in [6.07, 6.45) is 0.775. The van der Waals surface area contributed by atoms with Crippen LogP contribution >= 0.6 is 0 Å². The monoisotopic (exact) mass is 216 g/mol. The van der Waals surface area contributed by atoms with E-state index in [2.05, 4.69) is 36.1 Å². The van der Waals surface area contributed by atoms with Crippen LogP contribution in [0.4, 0.5) is 0 Å². The molecule has 0 fully saturated rings. The number of aryl methyl sites for hydroxylation is 1. The van der Waals surface area contributed by atoms with Gasteiger partial charge in [0.25, 0.3) is 0 Å². The van der Waals surface area contributed by atoms with Crippen LogP contribution in [-0.4, -0.2) is 10.1 Å². The van der Waals surface area contributed by atoms with Crippen molar-refractivity contribution >= 4 is 0 Å². The molecular weight excluding hydrogens is 200 g/mol. The van der Waals surface area contributed by atoms with Crippen molar-refractivity contribution in [2.24, 2.45) is 0 Å². The van der Waals surface area contributed by atoms with E-state index in [-0.39, 0.29) is 0 Å². The van der Waals surface area contributed by atoms with Crippen LogP contribution in [0.15, 0.2) is 28.8 Å². The third kappa shape index (κ3) is 2.13. The van der Waals surface area contributed by atoms with Crippen LogP contribution in [0.2, 0.25) is 0 Å². The molecule has 0 saturated heterocycles. The lowest BCUT2D eigenvalue weighted by Crippen LogP contribution is -1.87. The smallest absolute Gasteiger partial charge is 0.226 e. The van der Waals surface area contributed by atoms with Crippen LogP contribution in [0.5, 0.6) is 0 Å². The largest absolute Gasteiger partial charge is 0.339 e. The normalized spacial score (nSPS) is 11.0. The van der Waals surface area contributed by atoms with Crippen LogP contribution in [0, 0.1) is 0 Å². The third-order valence-corrected chi connectivity index (χ3v) is 2.61. The lowest BCUT2D eigenvalue weighted by Gasteiger charge is -2.04. The number of aromatic nitrogens is 2. The van der Waals surface area contributed by atoms with Crippen LogP contribution in [-0.2, 0) is 6.42 Å². The molecule has 0 N–H and O–H groups in total. The minimum absolute atomic E-state index is 0.547. The molecular formula is C13H16N2O. The Labute approximate surface area is 95.5 Å². The van der Waals surface area contributed by atoms with Crippen molar-refractivity contribution in [2.45, 2.75) is 33.1 Å². The van der Waals surface area contributed by atoms with Crippen LogP contribution in [0.3, 0.4) is 0 Å². The summed E-state index contributed by atoms with van der Waals surface area (Å²) in [7, 11) is 0. The van der Waals surface area contributed by atoms with E-state index >= 15 is 0 Å². The quantitative estimate of drug-likeness (QED) is 0.789. The van der Waals surface area contributed by atoms with Gasteiger partial charge < -0.3 is 4.52 Å². The van der Waals surface area contributed by atoms with E-state index in [1.807, 2.05) is 19.1 Å². The molecule has 3 nitrogen and oxygen atoms in total. The highest BCUT2D eigenvalue weighted by atomic mass is 16.5. The van der Waals surface area contributed by atoms with Crippen LogP contribution in [0.1, 0.15) is 38.1 Å². The van der Waals surface area contributed by atoms with Gasteiger partial charge in [0.2, 0.25) is 11.7 Å². The van der Waals surface area contributed by atoms with Gasteiger partial charge in [0.15, 0.2) is 0 Å². The Balaban J connectivity index is 2.27. The zero-order valence-electron chi connectivity index (χ0n) is 9.90. The third-order valence-electron chi connectivity index (χ3n) is 2.61. The van der Waals surface area contributed by atoms with Gasteiger partial charge in [-0.2, -0.15) is 4.98 Å². The molecule has 84 valence electrons. The first-order valence-corrected chi connectivity index (χ1v) is 5.63. The molecule has 2 rings (SSSR count). The Morgan fingerprint density at radius 2 is 1.88 bits per heavy atom. The van der Waals surface area contributed by atoms with Crippen molar-refractivity contribution in [3.63, 3.8) is 0 Å². The fourth-order valence-corrected chi connectivity index (χ4v) is 1.53. The summed E-state index contributed by atoms with van der Waals surface area (Å²) in [5.41, 5.74) is 2.33. The predicted molar refractivity (Wildman–Crippen MR) is 63.2 cm³/mol. The van der Waals surface area contributed by atoms with Gasteiger partial charge >= 0.3 is 0 Å². The van der Waals surface area contributed by atoms with E-state index in [4.69, 9.17) is 4.52 Å². The van der Waals surface area contributed by atoms with Crippen molar-refractivity contribution in [1.82, 2.24) is 10.1 Å². The van der Waals surface area contributed by atoms with Gasteiger partial charge in [-0.1, -0.05) is 50.2 Å². The maximum atomic E-state index is 5.08. The molecule has 0 amide bonds. The van der Waals surface area contributed by atoms with Gasteiger partial charge in [-0.15, -0.1) is 0 Å². The molecule has 0 radical (unpaired) electrons. The van der Waals surface area contributed by atoms with Crippen molar-refractivity contribution in [3.05, 3.63) is 35.7 Å². The zero-order chi connectivity index (χ0) is 11.5. The summed E-state index contributed by atoms with van der Waals surface area (Å²) in [4.78, 5) is 4.30. The van der Waals surface area contributed by atoms with Gasteiger partial charge in [-0.05, 0) is 11.5 Å². The predicted octanol–water partition coefficient (Wildman–Crippen LogP) is 3.42. The van der Waals surface area contributed by atoms with E-state index in [1.165, 1.54) is 5.56 Å². The molecule has 0 unspecified atom stereocenters. The summed E-state index contributed by atoms with van der Waals surface area (Å²) in [6.45, 7) is 6.36. The average Bonchev–Trinajstić information content (AvgIpc) is 2.77. The zero-order valence-corrected chi connectivity index (χ0v) is 9.90. The molecule has 2 aromatic rings. The lowest BCUT2D eigenvalue weighted by atomic mass is 10.0. The number of hydrogen-bond donors (Lipinski definition) is 0. The maximum absolute atomic E-state index is 5.08. The molecule has 0 saturated carbocycles. The summed E-state index contributed by atoms with van der Waals surface area (Å²) in [5, 5.41) is 3.95. The van der Waals surface area contributed by atoms with Crippen molar-refractivity contribution in [3.8, 4) is 11.4 Å². The summed E-state index contributed by atoms with van der Waals surface area (Å²) in [5.74, 6) is 1.90. The van der Waals surface area contributed by atoms with Crippen molar-refractivity contribution < 1.29 is 4.52 Å². The maximum Gasteiger partial charge on any atom is 0.226 e. The molecule has 3 heteroatoms. The van der Waals surface area contributed by atoms with Crippen molar-refractivity contribution in [1.29, 1.82) is 0 Å². The van der Waals surface area contributed by atoms with Crippen LogP contribution in [0.25, 0.3) is 11.4 Å². The van der Waals surface area contributed by atoms with E-state index in [9.17, 15) is 0 Å². The Morgan fingerprint density at radius 1 is 1.19 bits per heavy atom. The minimum atomic E-state index is 0.547. The number of hydrogen-bond acceptors (Lipinski definition) is 3. The minimum Gasteiger partial charge on any atom is -0.339 e. The van der Waals surface area contributed by atoms with E-state index in [0.717, 1.165) is 12.0 Å². The molecule has 0 aliphatic heterocycles. The molecule has 0 spiro atoms. The van der Waals surface area contributed by atoms with E-state index in [1.54, 1.807) is 0 Å². The first-order chi connectivity index (χ1) is 7.70. The fraction of sp³-hybridized carbons (Fsp3) is 0.385. The second kappa shape index (κ2) is 4.47. The number of rotatable bonds is 3. The lowest BCUT2D eigenvalue weighted by molar-refractivity contribution is 0.383. The van der Waals surface area contributed by atoms with Crippen LogP contribution < -0.4 is 0 Å². The molecule has 0 aliphatic rings. The first kappa shape index (κ1) is 10.9. The summed E-state index contributed by atoms with van der Waals surface area (Å²) in [6, 6.07) is 8.31. The van der Waals surface area contributed by atoms with Gasteiger partial charge in [0.05, 0.1) is 0 Å². The highest BCUT2D eigenvalue weighted by molar-refractivity contribution is 5.54. The molecule has 16 heavy (non-hydrogen) atoms. The summed E-state index contributed by atoms with van der Waals surface area (Å²) >= 11 is 0. The van der Waals surface area contributed by atoms with Gasteiger partial charge in [-0.3, -0.25) is 0 Å². The fourth-order valence-electron chi connectivity index (χ4n) is 1.53. The Hall–Kier alpha value is -1.64. The highest BCUT2D eigenvalue weighted by Gasteiger charge is 2.07. The highest BCUT2D eigenvalue weighted by Crippen LogP contribution is 2.20. The molecule has 0 atom stereocenters. The Bertz CT molecular complexity index is 457. The van der Waals surface area contributed by atoms with E-state index in [0.29, 0.717) is 17.6 Å². The summed E-state index contributed by atoms with van der Waals surface area (Å²) < 4.78 is 5.08. The standard InChI is InChI=1S/C13H16N2O/c1-4-12-14-13(15-16-12)11-7-5-10(6-8-11)9(2)3/h5-9H,4H2,1-3H3.